The molecule has 1 aliphatic rings. The molecule has 0 fully saturated rings. The van der Waals surface area contributed by atoms with E-state index >= 15 is 0 Å². The van der Waals surface area contributed by atoms with Crippen molar-refractivity contribution >= 4 is 23.1 Å². The lowest BCUT2D eigenvalue weighted by Crippen LogP contribution is -2.33. The fraction of sp³-hybridized carbons (Fsp3) is 0.167. The number of nitro benzene ring substituents is 1. The predicted octanol–water partition coefficient (Wildman–Crippen LogP) is 1.43. The lowest BCUT2D eigenvalue weighted by atomic mass is 10.1. The quantitative estimate of drug-likeness (QED) is 0.333. The summed E-state index contributed by atoms with van der Waals surface area (Å²) in [5.74, 6) is 5.96. The van der Waals surface area contributed by atoms with Gasteiger partial charge in [0.25, 0.3) is 5.69 Å². The summed E-state index contributed by atoms with van der Waals surface area (Å²) in [6.07, 6.45) is 0.858. The molecule has 1 aromatic carbocycles. The molecule has 1 aromatic heterocycles. The normalized spacial score (nSPS) is 16.0. The second-order valence-electron chi connectivity index (χ2n) is 4.39. The summed E-state index contributed by atoms with van der Waals surface area (Å²) >= 11 is 1.36. The molecule has 1 aliphatic heterocycles. The van der Waals surface area contributed by atoms with Crippen LogP contribution in [0.5, 0.6) is 5.88 Å². The monoisotopic (exact) mass is 320 g/mol. The van der Waals surface area contributed by atoms with Gasteiger partial charge in [-0.3, -0.25) is 16.0 Å². The topological polar surface area (TPSA) is 128 Å². The van der Waals surface area contributed by atoms with E-state index in [1.54, 1.807) is 6.07 Å². The number of aromatic nitrogens is 2. The molecule has 1 atom stereocenters. The van der Waals surface area contributed by atoms with Gasteiger partial charge in [-0.05, 0) is 6.07 Å². The fourth-order valence-corrected chi connectivity index (χ4v) is 3.12. The Morgan fingerprint density at radius 3 is 3.00 bits per heavy atom. The number of methoxy groups -OCH3 is 1. The predicted molar refractivity (Wildman–Crippen MR) is 79.5 cm³/mol. The Labute approximate surface area is 129 Å². The van der Waals surface area contributed by atoms with E-state index in [9.17, 15) is 10.1 Å². The van der Waals surface area contributed by atoms with Gasteiger partial charge in [0.05, 0.1) is 12.0 Å². The summed E-state index contributed by atoms with van der Waals surface area (Å²) in [4.78, 5) is 19.6. The molecule has 22 heavy (non-hydrogen) atoms. The van der Waals surface area contributed by atoms with Crippen molar-refractivity contribution in [2.24, 2.45) is 5.84 Å². The van der Waals surface area contributed by atoms with Crippen molar-refractivity contribution in [2.45, 2.75) is 16.1 Å². The van der Waals surface area contributed by atoms with Gasteiger partial charge < -0.3 is 10.1 Å². The van der Waals surface area contributed by atoms with Gasteiger partial charge in [-0.15, -0.1) is 0 Å². The fourth-order valence-electron chi connectivity index (χ4n) is 2.14. The summed E-state index contributed by atoms with van der Waals surface area (Å²) in [6, 6.07) is 4.60. The van der Waals surface area contributed by atoms with Gasteiger partial charge in [-0.25, -0.2) is 10.4 Å². The molecule has 9 nitrogen and oxygen atoms in total. The van der Waals surface area contributed by atoms with Crippen LogP contribution in [0.2, 0.25) is 0 Å². The molecule has 4 N–H and O–H groups in total. The first-order valence-corrected chi connectivity index (χ1v) is 7.03. The molecule has 10 heteroatoms. The lowest BCUT2D eigenvalue weighted by Gasteiger charge is -2.19. The van der Waals surface area contributed by atoms with Gasteiger partial charge in [0.15, 0.2) is 0 Å². The highest BCUT2D eigenvalue weighted by Gasteiger charge is 2.26. The minimum Gasteiger partial charge on any atom is -0.479 e. The number of rotatable bonds is 3. The third kappa shape index (κ3) is 2.43. The minimum atomic E-state index is -0.538. The Balaban J connectivity index is 2.13. The number of ether oxygens (including phenoxy) is 1. The number of hydrazine groups is 1. The summed E-state index contributed by atoms with van der Waals surface area (Å²) in [7, 11) is 1.50. The van der Waals surface area contributed by atoms with Crippen LogP contribution in [0.15, 0.2) is 34.4 Å². The first-order valence-electron chi connectivity index (χ1n) is 6.22. The van der Waals surface area contributed by atoms with Crippen molar-refractivity contribution in [1.29, 1.82) is 0 Å². The van der Waals surface area contributed by atoms with E-state index in [4.69, 9.17) is 10.6 Å². The average molecular weight is 320 g/mol. The Morgan fingerprint density at radius 2 is 2.32 bits per heavy atom. The lowest BCUT2D eigenvalue weighted by molar-refractivity contribution is -0.385. The standard InChI is InChI=1S/C12H12N6O3S/c1-21-11-9-12(15-5-14-11)22-8-3-2-6(18(19)20)4-7(8)10(16-9)17-13/h2-5,10,16-17H,13H2,1H3/t10-/m0/s1. The molecule has 0 saturated carbocycles. The van der Waals surface area contributed by atoms with E-state index in [2.05, 4.69) is 20.7 Å². The second kappa shape index (κ2) is 5.75. The number of hydrogen-bond acceptors (Lipinski definition) is 9. The molecular formula is C12H12N6O3S. The number of nitrogens with zero attached hydrogens (tertiary/aromatic N) is 3. The highest BCUT2D eigenvalue weighted by Crippen LogP contribution is 2.44. The molecule has 0 amide bonds. The Hall–Kier alpha value is -2.43. The van der Waals surface area contributed by atoms with Crippen LogP contribution in [0, 0.1) is 10.1 Å². The second-order valence-corrected chi connectivity index (χ2v) is 5.42. The summed E-state index contributed by atoms with van der Waals surface area (Å²) in [6.45, 7) is 0. The van der Waals surface area contributed by atoms with Crippen LogP contribution in [0.1, 0.15) is 11.7 Å². The summed E-state index contributed by atoms with van der Waals surface area (Å²) < 4.78 is 5.22. The van der Waals surface area contributed by atoms with E-state index in [0.29, 0.717) is 22.2 Å². The number of anilines is 1. The van der Waals surface area contributed by atoms with Gasteiger partial charge in [0, 0.05) is 22.6 Å². The average Bonchev–Trinajstić information content (AvgIpc) is 2.69. The Bertz CT molecular complexity index is 741. The molecule has 2 aromatic rings. The highest BCUT2D eigenvalue weighted by atomic mass is 32.2. The molecule has 114 valence electrons. The van der Waals surface area contributed by atoms with Crippen LogP contribution in [0.25, 0.3) is 0 Å². The van der Waals surface area contributed by atoms with Crippen molar-refractivity contribution in [2.75, 3.05) is 12.4 Å². The molecular weight excluding hydrogens is 308 g/mol. The smallest absolute Gasteiger partial charge is 0.269 e. The number of nitrogens with one attached hydrogen (secondary N) is 2. The van der Waals surface area contributed by atoms with Crippen LogP contribution in [0.4, 0.5) is 11.4 Å². The van der Waals surface area contributed by atoms with E-state index in [-0.39, 0.29) is 5.69 Å². The molecule has 3 rings (SSSR count). The molecule has 0 spiro atoms. The molecule has 0 unspecified atom stereocenters. The van der Waals surface area contributed by atoms with Gasteiger partial charge in [-0.2, -0.15) is 4.98 Å². The summed E-state index contributed by atoms with van der Waals surface area (Å²) in [5.41, 5.74) is 3.83. The van der Waals surface area contributed by atoms with Gasteiger partial charge >= 0.3 is 0 Å². The first-order chi connectivity index (χ1) is 10.6. The largest absolute Gasteiger partial charge is 0.479 e. The van der Waals surface area contributed by atoms with Crippen molar-refractivity contribution in [1.82, 2.24) is 15.4 Å². The summed E-state index contributed by atoms with van der Waals surface area (Å²) in [5, 5.41) is 14.7. The third-order valence-corrected chi connectivity index (χ3v) is 4.24. The molecule has 0 radical (unpaired) electrons. The van der Waals surface area contributed by atoms with E-state index in [1.807, 2.05) is 0 Å². The van der Waals surface area contributed by atoms with Crippen LogP contribution in [0.3, 0.4) is 0 Å². The zero-order chi connectivity index (χ0) is 15.7. The van der Waals surface area contributed by atoms with Crippen molar-refractivity contribution < 1.29 is 9.66 Å². The van der Waals surface area contributed by atoms with Gasteiger partial charge in [-0.1, -0.05) is 11.8 Å². The zero-order valence-electron chi connectivity index (χ0n) is 11.4. The number of nitro groups is 1. The molecule has 0 bridgehead atoms. The number of nitrogens with two attached hydrogens (primary N) is 1. The highest BCUT2D eigenvalue weighted by molar-refractivity contribution is 7.99. The molecule has 2 heterocycles. The minimum absolute atomic E-state index is 0.00888. The van der Waals surface area contributed by atoms with E-state index < -0.39 is 11.1 Å². The number of non-ortho nitro benzene ring substituents is 1. The Kier molecular flexibility index (Phi) is 3.79. The van der Waals surface area contributed by atoms with Gasteiger partial charge in [0.1, 0.15) is 23.2 Å². The maximum atomic E-state index is 11.0. The van der Waals surface area contributed by atoms with Crippen LogP contribution < -0.4 is 21.3 Å². The van der Waals surface area contributed by atoms with Crippen molar-refractivity contribution in [3.8, 4) is 5.88 Å². The van der Waals surface area contributed by atoms with Crippen LogP contribution in [-0.2, 0) is 0 Å². The third-order valence-electron chi connectivity index (χ3n) is 3.15. The first kappa shape index (κ1) is 14.5. The Morgan fingerprint density at radius 1 is 1.50 bits per heavy atom. The maximum absolute atomic E-state index is 11.0. The van der Waals surface area contributed by atoms with Crippen molar-refractivity contribution in [3.05, 3.63) is 40.2 Å². The number of hydrogen-bond donors (Lipinski definition) is 3. The van der Waals surface area contributed by atoms with Crippen LogP contribution in [-0.4, -0.2) is 22.0 Å². The van der Waals surface area contributed by atoms with Gasteiger partial charge in [0.2, 0.25) is 5.88 Å². The van der Waals surface area contributed by atoms with E-state index in [0.717, 1.165) is 4.90 Å². The van der Waals surface area contributed by atoms with Crippen LogP contribution >= 0.6 is 11.8 Å². The number of fused-ring (bicyclic) bond motifs is 2. The van der Waals surface area contributed by atoms with E-state index in [1.165, 1.54) is 37.3 Å². The number of benzene rings is 1. The molecule has 0 saturated heterocycles. The molecule has 0 aliphatic carbocycles. The zero-order valence-corrected chi connectivity index (χ0v) is 12.3. The van der Waals surface area contributed by atoms with Crippen molar-refractivity contribution in [3.63, 3.8) is 0 Å². The SMILES string of the molecule is COc1ncnc2c1N[C@@H](NN)c1cc([N+](=O)[O-])ccc1S2. The maximum Gasteiger partial charge on any atom is 0.269 e.